The van der Waals surface area contributed by atoms with Crippen LogP contribution in [0.2, 0.25) is 0 Å². The molecule has 5 rings (SSSR count). The molecule has 1 amide bonds. The van der Waals surface area contributed by atoms with Gasteiger partial charge >= 0.3 is 11.9 Å². The van der Waals surface area contributed by atoms with Gasteiger partial charge in [0.2, 0.25) is 5.91 Å². The molecule has 3 fully saturated rings. The van der Waals surface area contributed by atoms with Gasteiger partial charge in [0.15, 0.2) is 11.9 Å². The number of hydrogen-bond donors (Lipinski definition) is 6. The van der Waals surface area contributed by atoms with Crippen molar-refractivity contribution in [2.24, 2.45) is 16.7 Å². The molecule has 13 nitrogen and oxygen atoms in total. The second-order valence-corrected chi connectivity index (χ2v) is 13.9. The van der Waals surface area contributed by atoms with Gasteiger partial charge < -0.3 is 45.1 Å². The van der Waals surface area contributed by atoms with Crippen LogP contribution in [0.4, 0.5) is 0 Å². The zero-order valence-electron chi connectivity index (χ0n) is 27.3. The minimum absolute atomic E-state index is 0. The van der Waals surface area contributed by atoms with Crippen molar-refractivity contribution in [1.29, 1.82) is 0 Å². The summed E-state index contributed by atoms with van der Waals surface area (Å²) >= 11 is 0. The smallest absolute Gasteiger partial charge is 0.338 e. The van der Waals surface area contributed by atoms with Crippen molar-refractivity contribution in [1.82, 2.24) is 5.32 Å². The summed E-state index contributed by atoms with van der Waals surface area (Å²) in [5.41, 5.74) is -6.83. The van der Waals surface area contributed by atoms with E-state index in [1.54, 1.807) is 44.2 Å². The number of fused-ring (bicyclic) bond motifs is 5. The van der Waals surface area contributed by atoms with Gasteiger partial charge in [0, 0.05) is 82.1 Å². The maximum absolute atomic E-state index is 14.3. The molecule has 255 valence electrons. The van der Waals surface area contributed by atoms with Crippen molar-refractivity contribution in [3.8, 4) is 0 Å². The average Bonchev–Trinajstić information content (AvgIpc) is 2.98. The van der Waals surface area contributed by atoms with Crippen molar-refractivity contribution in [2.75, 3.05) is 6.61 Å². The van der Waals surface area contributed by atoms with Gasteiger partial charge in [-0.1, -0.05) is 44.2 Å². The number of carbonyl (C=O) groups is 4. The Balaban J connectivity index is 0.00000500. The number of rotatable bonds is 6. The zero-order chi connectivity index (χ0) is 34.1. The van der Waals surface area contributed by atoms with E-state index >= 15 is 0 Å². The van der Waals surface area contributed by atoms with Crippen molar-refractivity contribution < 1.29 is 103 Å². The second kappa shape index (κ2) is 13.2. The van der Waals surface area contributed by atoms with Gasteiger partial charge in [-0.3, -0.25) is 14.4 Å². The molecule has 2 saturated carbocycles. The van der Waals surface area contributed by atoms with Crippen LogP contribution in [-0.4, -0.2) is 104 Å². The molecule has 47 heavy (non-hydrogen) atoms. The number of esters is 2. The average molecular weight is 873 g/mol. The summed E-state index contributed by atoms with van der Waals surface area (Å²) in [5, 5.41) is 61.5. The minimum Gasteiger partial charge on any atom is -0.459 e. The molecular formula is C33H43AcNO12. The molecule has 1 aromatic carbocycles. The van der Waals surface area contributed by atoms with Crippen LogP contribution in [0.15, 0.2) is 41.5 Å². The van der Waals surface area contributed by atoms with E-state index in [4.69, 9.17) is 14.2 Å². The van der Waals surface area contributed by atoms with Crippen molar-refractivity contribution in [3.63, 3.8) is 0 Å². The fourth-order valence-corrected chi connectivity index (χ4v) is 8.37. The van der Waals surface area contributed by atoms with E-state index in [1.807, 2.05) is 0 Å². The first-order valence-corrected chi connectivity index (χ1v) is 15.4. The number of aliphatic hydroxyl groups is 5. The van der Waals surface area contributed by atoms with E-state index in [-0.39, 0.29) is 68.2 Å². The van der Waals surface area contributed by atoms with E-state index in [9.17, 15) is 44.7 Å². The number of amides is 1. The summed E-state index contributed by atoms with van der Waals surface area (Å²) in [7, 11) is 0. The van der Waals surface area contributed by atoms with Gasteiger partial charge in [-0.15, -0.1) is 0 Å². The maximum atomic E-state index is 14.3. The number of Topliss-reactive ketones (excluding diaryl/α,β-unsaturated/α-hetero) is 1. The summed E-state index contributed by atoms with van der Waals surface area (Å²) in [6.07, 6.45) is -9.80. The van der Waals surface area contributed by atoms with Crippen LogP contribution in [-0.2, 0) is 33.4 Å². The molecule has 1 aliphatic heterocycles. The maximum Gasteiger partial charge on any atom is 0.338 e. The molecule has 0 aromatic heterocycles. The van der Waals surface area contributed by atoms with Crippen LogP contribution in [0.25, 0.3) is 0 Å². The number of carbonyl (C=O) groups excluding carboxylic acids is 4. The largest absolute Gasteiger partial charge is 0.459 e. The van der Waals surface area contributed by atoms with Crippen LogP contribution >= 0.6 is 0 Å². The van der Waals surface area contributed by atoms with Crippen molar-refractivity contribution in [3.05, 3.63) is 47.0 Å². The molecule has 0 spiro atoms. The Morgan fingerprint density at radius 3 is 2.19 bits per heavy atom. The fourth-order valence-electron chi connectivity index (χ4n) is 8.37. The third kappa shape index (κ3) is 5.84. The Morgan fingerprint density at radius 1 is 1.04 bits per heavy atom. The third-order valence-corrected chi connectivity index (χ3v) is 11.0. The Morgan fingerprint density at radius 2 is 1.66 bits per heavy atom. The molecule has 11 atom stereocenters. The number of hydrogen-bond acceptors (Lipinski definition) is 12. The number of aliphatic hydroxyl groups excluding tert-OH is 3. The van der Waals surface area contributed by atoms with Crippen LogP contribution in [0.1, 0.15) is 66.0 Å². The van der Waals surface area contributed by atoms with E-state index in [2.05, 4.69) is 5.32 Å². The summed E-state index contributed by atoms with van der Waals surface area (Å²) < 4.78 is 17.1. The second-order valence-electron chi connectivity index (χ2n) is 13.9. The fraction of sp³-hybridized carbons (Fsp3) is 0.636. The van der Waals surface area contributed by atoms with Gasteiger partial charge in [-0.25, -0.2) is 4.79 Å². The Hall–Kier alpha value is -1.76. The molecule has 2 bridgehead atoms. The van der Waals surface area contributed by atoms with E-state index in [0.717, 1.165) is 6.92 Å². The van der Waals surface area contributed by atoms with Crippen LogP contribution in [0.5, 0.6) is 0 Å². The van der Waals surface area contributed by atoms with Crippen molar-refractivity contribution >= 4 is 23.6 Å². The molecule has 6 N–H and O–H groups in total. The predicted molar refractivity (Wildman–Crippen MR) is 158 cm³/mol. The number of ether oxygens (including phenoxy) is 3. The monoisotopic (exact) mass is 872 g/mol. The predicted octanol–water partition coefficient (Wildman–Crippen LogP) is 0.00630. The Labute approximate surface area is 308 Å². The number of nitrogens with one attached hydrogen (secondary N) is 1. The van der Waals surface area contributed by atoms with E-state index in [0.29, 0.717) is 5.56 Å². The molecular weight excluding hydrogens is 829 g/mol. The Kier molecular flexibility index (Phi) is 10.7. The standard InChI is InChI=1S/C33H43NO12.Ac/c1-15-19(46-29(41)25(39)23(34-16(2)35)18-10-8-7-9-11-18)13-33(43)28(45-17(3)36)26-31(6,20(37)12-21-32(26,42)14-44-21)27(40)24(38)22(15)30(33,4)5;/h7-11,19-21,23-26,28,37-39,42-43H,12-14H2,1-6H3,(H,34,35);/t19?,20?,21?,23?,24?,25?,26?,28?,31-,32+,33?;/m1./s1. The van der Waals surface area contributed by atoms with E-state index < -0.39 is 101 Å². The van der Waals surface area contributed by atoms with Gasteiger partial charge in [0.25, 0.3) is 0 Å². The zero-order valence-corrected chi connectivity index (χ0v) is 32.0. The first-order valence-electron chi connectivity index (χ1n) is 15.4. The molecule has 1 radical (unpaired) electrons. The third-order valence-electron chi connectivity index (χ3n) is 11.0. The SMILES string of the molecule is CC(=O)NC(c1ccccc1)C(O)C(=O)OC1CC2(O)C(OC(C)=O)C3[C@]4(O)COC4CC(O)[C@@]3(C)C(=O)C(O)C(=C1C)C2(C)C.[Ac]. The van der Waals surface area contributed by atoms with Crippen LogP contribution in [0.3, 0.4) is 0 Å². The van der Waals surface area contributed by atoms with Gasteiger partial charge in [-0.05, 0) is 30.6 Å². The Bertz CT molecular complexity index is 1470. The molecule has 9 unspecified atom stereocenters. The number of ketones is 1. The summed E-state index contributed by atoms with van der Waals surface area (Å²) in [5.74, 6) is -4.84. The van der Waals surface area contributed by atoms with Gasteiger partial charge in [0.05, 0.1) is 30.3 Å². The van der Waals surface area contributed by atoms with Gasteiger partial charge in [-0.2, -0.15) is 0 Å². The summed E-state index contributed by atoms with van der Waals surface area (Å²) in [6.45, 7) is 8.05. The van der Waals surface area contributed by atoms with Crippen LogP contribution in [0, 0.1) is 60.8 Å². The normalized spacial score (nSPS) is 38.5. The number of benzene rings is 1. The molecule has 1 aromatic rings. The van der Waals surface area contributed by atoms with Crippen LogP contribution < -0.4 is 5.32 Å². The molecule has 3 aliphatic carbocycles. The molecule has 14 heteroatoms. The van der Waals surface area contributed by atoms with Gasteiger partial charge in [0.1, 0.15) is 29.5 Å². The quantitative estimate of drug-likeness (QED) is 0.165. The molecule has 4 aliphatic rings. The molecule has 1 heterocycles. The topological polar surface area (TPSA) is 209 Å². The summed E-state index contributed by atoms with van der Waals surface area (Å²) in [6, 6.07) is 7.08. The molecule has 1 saturated heterocycles. The van der Waals surface area contributed by atoms with E-state index in [1.165, 1.54) is 20.8 Å². The minimum atomic E-state index is -2.21. The first-order chi connectivity index (χ1) is 21.3. The first kappa shape index (κ1) is 38.1. The summed E-state index contributed by atoms with van der Waals surface area (Å²) in [4.78, 5) is 52.5. The van der Waals surface area contributed by atoms with Crippen molar-refractivity contribution in [2.45, 2.75) is 108 Å².